The van der Waals surface area contributed by atoms with Crippen LogP contribution in [0, 0.1) is 5.92 Å². The van der Waals surface area contributed by atoms with E-state index in [0.29, 0.717) is 24.5 Å². The number of Topliss-reactive ketones (excluding diaryl/α,β-unsaturated/α-hetero) is 1. The fraction of sp³-hybridized carbons (Fsp3) is 0.562. The zero-order valence-corrected chi connectivity index (χ0v) is 12.0. The molecule has 1 aromatic carbocycles. The van der Waals surface area contributed by atoms with Gasteiger partial charge in [-0.1, -0.05) is 12.1 Å². The molecule has 0 heterocycles. The molecule has 0 N–H and O–H groups in total. The smallest absolute Gasteiger partial charge is 0.378 e. The van der Waals surface area contributed by atoms with E-state index < -0.39 is 11.7 Å². The highest BCUT2D eigenvalue weighted by Crippen LogP contribution is 2.33. The first-order chi connectivity index (χ1) is 9.88. The quantitative estimate of drug-likeness (QED) is 0.793. The zero-order chi connectivity index (χ0) is 15.5. The molecular formula is C16H19F3O2. The van der Waals surface area contributed by atoms with E-state index in [-0.39, 0.29) is 18.3 Å². The summed E-state index contributed by atoms with van der Waals surface area (Å²) < 4.78 is 42.7. The van der Waals surface area contributed by atoms with Crippen LogP contribution in [0.2, 0.25) is 0 Å². The summed E-state index contributed by atoms with van der Waals surface area (Å²) in [4.78, 5) is 11.9. The van der Waals surface area contributed by atoms with Crippen molar-refractivity contribution in [1.29, 1.82) is 0 Å². The lowest BCUT2D eigenvalue weighted by atomic mass is 9.78. The Kier molecular flexibility index (Phi) is 5.04. The number of hydrogen-bond acceptors (Lipinski definition) is 2. The molecule has 21 heavy (non-hydrogen) atoms. The Morgan fingerprint density at radius 3 is 2.38 bits per heavy atom. The molecule has 0 spiro atoms. The maximum atomic E-state index is 12.4. The first-order valence-electron chi connectivity index (χ1n) is 7.18. The van der Waals surface area contributed by atoms with E-state index in [0.717, 1.165) is 25.0 Å². The molecular weight excluding hydrogens is 281 g/mol. The Morgan fingerprint density at radius 1 is 1.24 bits per heavy atom. The highest BCUT2D eigenvalue weighted by molar-refractivity contribution is 5.81. The van der Waals surface area contributed by atoms with E-state index in [1.807, 2.05) is 6.92 Å². The van der Waals surface area contributed by atoms with Crippen LogP contribution >= 0.6 is 0 Å². The molecule has 5 heteroatoms. The lowest BCUT2D eigenvalue weighted by Gasteiger charge is -2.34. The Hall–Kier alpha value is -1.36. The van der Waals surface area contributed by atoms with Crippen LogP contribution in [-0.4, -0.2) is 18.5 Å². The molecule has 116 valence electrons. The van der Waals surface area contributed by atoms with Crippen molar-refractivity contribution in [3.8, 4) is 0 Å². The molecule has 2 nitrogen and oxygen atoms in total. The second kappa shape index (κ2) is 6.60. The third kappa shape index (κ3) is 4.56. The number of ether oxygens (including phenoxy) is 1. The molecule has 0 unspecified atom stereocenters. The number of halogens is 3. The van der Waals surface area contributed by atoms with Crippen LogP contribution in [0.5, 0.6) is 0 Å². The van der Waals surface area contributed by atoms with Crippen LogP contribution in [0.4, 0.5) is 13.2 Å². The number of carbonyl (C=O) groups is 1. The third-order valence-corrected chi connectivity index (χ3v) is 3.79. The van der Waals surface area contributed by atoms with Crippen molar-refractivity contribution in [3.05, 3.63) is 35.4 Å². The predicted molar refractivity (Wildman–Crippen MR) is 72.9 cm³/mol. The van der Waals surface area contributed by atoms with Crippen LogP contribution in [0.15, 0.2) is 24.3 Å². The number of rotatable bonds is 6. The van der Waals surface area contributed by atoms with E-state index in [4.69, 9.17) is 4.74 Å². The normalized spacial score (nSPS) is 21.9. The van der Waals surface area contributed by atoms with Crippen molar-refractivity contribution in [2.24, 2.45) is 5.92 Å². The van der Waals surface area contributed by atoms with Gasteiger partial charge in [-0.25, -0.2) is 0 Å². The minimum Gasteiger partial charge on any atom is -0.378 e. The molecule has 0 amide bonds. The van der Waals surface area contributed by atoms with Crippen LogP contribution < -0.4 is 0 Å². The Balaban J connectivity index is 1.78. The molecule has 0 bridgehead atoms. The van der Waals surface area contributed by atoms with E-state index >= 15 is 0 Å². The predicted octanol–water partition coefficient (Wildman–Crippen LogP) is 4.02. The van der Waals surface area contributed by atoms with Crippen molar-refractivity contribution in [3.63, 3.8) is 0 Å². The van der Waals surface area contributed by atoms with Crippen LogP contribution in [0.3, 0.4) is 0 Å². The first-order valence-corrected chi connectivity index (χ1v) is 7.18. The summed E-state index contributed by atoms with van der Waals surface area (Å²) in [6, 6.07) is 4.81. The monoisotopic (exact) mass is 300 g/mol. The lowest BCUT2D eigenvalue weighted by Crippen LogP contribution is -2.33. The van der Waals surface area contributed by atoms with Gasteiger partial charge in [0.15, 0.2) is 0 Å². The van der Waals surface area contributed by atoms with Gasteiger partial charge in [0.2, 0.25) is 0 Å². The molecule has 0 radical (unpaired) electrons. The van der Waals surface area contributed by atoms with Gasteiger partial charge in [-0.3, -0.25) is 4.79 Å². The van der Waals surface area contributed by atoms with Crippen LogP contribution in [0.25, 0.3) is 0 Å². The van der Waals surface area contributed by atoms with Gasteiger partial charge in [-0.05, 0) is 43.4 Å². The van der Waals surface area contributed by atoms with Crippen molar-refractivity contribution in [2.75, 3.05) is 6.61 Å². The topological polar surface area (TPSA) is 26.3 Å². The van der Waals surface area contributed by atoms with Gasteiger partial charge in [-0.15, -0.1) is 0 Å². The summed E-state index contributed by atoms with van der Waals surface area (Å²) in [6.07, 6.45) is -1.54. The van der Waals surface area contributed by atoms with Crippen molar-refractivity contribution < 1.29 is 22.7 Å². The van der Waals surface area contributed by atoms with Crippen LogP contribution in [0.1, 0.15) is 37.3 Å². The Morgan fingerprint density at radius 2 is 1.86 bits per heavy atom. The van der Waals surface area contributed by atoms with Gasteiger partial charge in [0.05, 0.1) is 11.7 Å². The highest BCUT2D eigenvalue weighted by Gasteiger charge is 2.31. The summed E-state index contributed by atoms with van der Waals surface area (Å²) >= 11 is 0. The van der Waals surface area contributed by atoms with Gasteiger partial charge in [0, 0.05) is 19.4 Å². The minimum atomic E-state index is -4.33. The molecule has 1 saturated carbocycles. The van der Waals surface area contributed by atoms with Crippen molar-refractivity contribution >= 4 is 5.78 Å². The summed E-state index contributed by atoms with van der Waals surface area (Å²) in [5.74, 6) is 0.443. The fourth-order valence-corrected chi connectivity index (χ4v) is 2.65. The fourth-order valence-electron chi connectivity index (χ4n) is 2.65. The zero-order valence-electron chi connectivity index (χ0n) is 12.0. The van der Waals surface area contributed by atoms with E-state index in [1.54, 1.807) is 0 Å². The van der Waals surface area contributed by atoms with Gasteiger partial charge in [0.1, 0.15) is 5.78 Å². The molecule has 0 saturated heterocycles. The largest absolute Gasteiger partial charge is 0.416 e. The average molecular weight is 300 g/mol. The summed E-state index contributed by atoms with van der Waals surface area (Å²) in [6.45, 7) is 2.64. The Bertz CT molecular complexity index is 473. The summed E-state index contributed by atoms with van der Waals surface area (Å²) in [5, 5.41) is 0. The van der Waals surface area contributed by atoms with Gasteiger partial charge in [0.25, 0.3) is 0 Å². The minimum absolute atomic E-state index is 0.0784. The maximum absolute atomic E-state index is 12.4. The van der Waals surface area contributed by atoms with Gasteiger partial charge in [-0.2, -0.15) is 13.2 Å². The molecule has 0 aromatic heterocycles. The number of alkyl halides is 3. The van der Waals surface area contributed by atoms with Crippen molar-refractivity contribution in [1.82, 2.24) is 0 Å². The number of ketones is 1. The average Bonchev–Trinajstić information content (AvgIpc) is 2.36. The number of hydrogen-bond donors (Lipinski definition) is 0. The van der Waals surface area contributed by atoms with E-state index in [2.05, 4.69) is 0 Å². The Labute approximate surface area is 122 Å². The molecule has 2 rings (SSSR count). The first kappa shape index (κ1) is 16.0. The van der Waals surface area contributed by atoms with E-state index in [9.17, 15) is 18.0 Å². The molecule has 0 atom stereocenters. The lowest BCUT2D eigenvalue weighted by molar-refractivity contribution is -0.137. The number of carbonyl (C=O) groups excluding carboxylic acids is 1. The maximum Gasteiger partial charge on any atom is 0.416 e. The van der Waals surface area contributed by atoms with Crippen molar-refractivity contribution in [2.45, 2.75) is 44.9 Å². The van der Waals surface area contributed by atoms with Gasteiger partial charge < -0.3 is 4.74 Å². The van der Waals surface area contributed by atoms with E-state index in [1.165, 1.54) is 12.1 Å². The third-order valence-electron chi connectivity index (χ3n) is 3.79. The number of benzene rings is 1. The molecule has 1 fully saturated rings. The molecule has 1 aromatic rings. The van der Waals surface area contributed by atoms with Gasteiger partial charge >= 0.3 is 6.18 Å². The molecule has 1 aliphatic rings. The SMILES string of the molecule is CCOC1CC(CC(=O)Cc2ccc(C(F)(F)F)cc2)C1. The molecule has 0 aliphatic heterocycles. The molecule has 1 aliphatic carbocycles. The summed E-state index contributed by atoms with van der Waals surface area (Å²) in [7, 11) is 0. The highest BCUT2D eigenvalue weighted by atomic mass is 19.4. The second-order valence-electron chi connectivity index (χ2n) is 5.53. The standard InChI is InChI=1S/C16H19F3O2/c1-2-21-15-9-12(10-15)8-14(20)7-11-3-5-13(6-4-11)16(17,18)19/h3-6,12,15H,2,7-10H2,1H3. The van der Waals surface area contributed by atoms with Crippen LogP contribution in [-0.2, 0) is 22.1 Å². The summed E-state index contributed by atoms with van der Waals surface area (Å²) in [5.41, 5.74) is -0.0501. The second-order valence-corrected chi connectivity index (χ2v) is 5.53.